The number of nitrogens with one attached hydrogen (secondary N) is 2. The highest BCUT2D eigenvalue weighted by Gasteiger charge is 2.17. The van der Waals surface area contributed by atoms with Gasteiger partial charge in [-0.15, -0.1) is 0 Å². The topological polar surface area (TPSA) is 62.8 Å². The van der Waals surface area contributed by atoms with Crippen LogP contribution in [0.1, 0.15) is 6.42 Å². The summed E-state index contributed by atoms with van der Waals surface area (Å²) in [5.41, 5.74) is 0.746. The van der Waals surface area contributed by atoms with E-state index in [1.54, 1.807) is 0 Å². The van der Waals surface area contributed by atoms with Crippen LogP contribution in [0.3, 0.4) is 0 Å². The second-order valence-electron chi connectivity index (χ2n) is 5.63. The first-order valence-corrected chi connectivity index (χ1v) is 7.63. The highest BCUT2D eigenvalue weighted by molar-refractivity contribution is 5.91. The summed E-state index contributed by atoms with van der Waals surface area (Å²) >= 11 is 0. The highest BCUT2D eigenvalue weighted by Crippen LogP contribution is 2.18. The van der Waals surface area contributed by atoms with Crippen LogP contribution in [0.4, 0.5) is 5.69 Å². The van der Waals surface area contributed by atoms with Crippen LogP contribution >= 0.6 is 0 Å². The van der Waals surface area contributed by atoms with Crippen molar-refractivity contribution in [1.29, 1.82) is 0 Å². The molecular formula is C16H25N3O3. The second kappa shape index (κ2) is 8.73. The number of hydrogen-bond acceptors (Lipinski definition) is 5. The minimum absolute atomic E-state index is 0.0425. The van der Waals surface area contributed by atoms with Crippen molar-refractivity contribution in [2.24, 2.45) is 0 Å². The Hall–Kier alpha value is -1.63. The lowest BCUT2D eigenvalue weighted by Gasteiger charge is -2.23. The van der Waals surface area contributed by atoms with Crippen LogP contribution in [0, 0.1) is 0 Å². The lowest BCUT2D eigenvalue weighted by atomic mass is 10.2. The molecule has 1 aliphatic rings. The molecule has 1 fully saturated rings. The molecule has 0 aliphatic carbocycles. The predicted molar refractivity (Wildman–Crippen MR) is 86.3 cm³/mol. The van der Waals surface area contributed by atoms with Crippen molar-refractivity contribution in [2.75, 3.05) is 52.3 Å². The summed E-state index contributed by atoms with van der Waals surface area (Å²) in [5.74, 6) is 0.717. The van der Waals surface area contributed by atoms with E-state index in [0.717, 1.165) is 31.1 Å². The zero-order valence-electron chi connectivity index (χ0n) is 13.3. The fourth-order valence-corrected chi connectivity index (χ4v) is 2.18. The maximum Gasteiger partial charge on any atom is 0.227 e. The Labute approximate surface area is 131 Å². The summed E-state index contributed by atoms with van der Waals surface area (Å²) in [6.45, 7) is 3.70. The Kier molecular flexibility index (Phi) is 6.64. The minimum Gasteiger partial charge on any atom is -0.492 e. The van der Waals surface area contributed by atoms with Crippen molar-refractivity contribution in [1.82, 2.24) is 10.2 Å². The molecule has 1 unspecified atom stereocenters. The average molecular weight is 307 g/mol. The molecule has 1 aromatic rings. The fraction of sp³-hybridized carbons (Fsp3) is 0.562. The third-order valence-electron chi connectivity index (χ3n) is 3.34. The number of carbonyl (C=O) groups excluding carboxylic acids is 1. The van der Waals surface area contributed by atoms with Gasteiger partial charge in [-0.05, 0) is 26.2 Å². The van der Waals surface area contributed by atoms with Gasteiger partial charge in [0, 0.05) is 31.4 Å². The third kappa shape index (κ3) is 6.01. The van der Waals surface area contributed by atoms with E-state index in [9.17, 15) is 4.79 Å². The molecule has 0 aromatic heterocycles. The van der Waals surface area contributed by atoms with Crippen LogP contribution in [-0.2, 0) is 9.53 Å². The van der Waals surface area contributed by atoms with Crippen molar-refractivity contribution in [3.05, 3.63) is 24.3 Å². The van der Waals surface area contributed by atoms with Gasteiger partial charge >= 0.3 is 0 Å². The first kappa shape index (κ1) is 16.7. The van der Waals surface area contributed by atoms with Gasteiger partial charge in [0.1, 0.15) is 12.4 Å². The van der Waals surface area contributed by atoms with Gasteiger partial charge in [-0.25, -0.2) is 0 Å². The molecule has 1 saturated heterocycles. The summed E-state index contributed by atoms with van der Waals surface area (Å²) in [6.07, 6.45) is 0.312. The van der Waals surface area contributed by atoms with E-state index in [1.807, 2.05) is 38.4 Å². The smallest absolute Gasteiger partial charge is 0.227 e. The molecule has 1 atom stereocenters. The van der Waals surface area contributed by atoms with Gasteiger partial charge in [-0.3, -0.25) is 4.79 Å². The number of benzene rings is 1. The lowest BCUT2D eigenvalue weighted by molar-refractivity contribution is -0.119. The van der Waals surface area contributed by atoms with E-state index in [4.69, 9.17) is 9.47 Å². The summed E-state index contributed by atoms with van der Waals surface area (Å²) in [7, 11) is 4.00. The number of hydrogen-bond donors (Lipinski definition) is 2. The zero-order chi connectivity index (χ0) is 15.8. The molecule has 0 radical (unpaired) electrons. The quantitative estimate of drug-likeness (QED) is 0.785. The molecule has 0 bridgehead atoms. The lowest BCUT2D eigenvalue weighted by Crippen LogP contribution is -2.40. The zero-order valence-corrected chi connectivity index (χ0v) is 13.3. The number of likely N-dealkylation sites (N-methyl/N-ethyl adjacent to an activating group) is 1. The summed E-state index contributed by atoms with van der Waals surface area (Å²) in [4.78, 5) is 14.1. The van der Waals surface area contributed by atoms with Crippen molar-refractivity contribution >= 4 is 11.6 Å². The number of ether oxygens (including phenoxy) is 2. The van der Waals surface area contributed by atoms with Gasteiger partial charge in [0.05, 0.1) is 19.1 Å². The van der Waals surface area contributed by atoms with Gasteiger partial charge in [-0.1, -0.05) is 6.07 Å². The van der Waals surface area contributed by atoms with Crippen LogP contribution < -0.4 is 15.4 Å². The molecular weight excluding hydrogens is 282 g/mol. The number of rotatable bonds is 7. The number of amides is 1. The fourth-order valence-electron chi connectivity index (χ4n) is 2.18. The molecule has 6 nitrogen and oxygen atoms in total. The Bertz CT molecular complexity index is 473. The van der Waals surface area contributed by atoms with Gasteiger partial charge < -0.3 is 25.0 Å². The largest absolute Gasteiger partial charge is 0.492 e. The first-order chi connectivity index (χ1) is 10.6. The SMILES string of the molecule is CN(C)CCOc1cccc(NC(=O)CC2CNCCO2)c1. The van der Waals surface area contributed by atoms with E-state index >= 15 is 0 Å². The highest BCUT2D eigenvalue weighted by atomic mass is 16.5. The van der Waals surface area contributed by atoms with Gasteiger partial charge in [0.25, 0.3) is 0 Å². The molecule has 122 valence electrons. The summed E-state index contributed by atoms with van der Waals surface area (Å²) in [5, 5.41) is 6.11. The van der Waals surface area contributed by atoms with Gasteiger partial charge in [0.2, 0.25) is 5.91 Å². The molecule has 1 aliphatic heterocycles. The predicted octanol–water partition coefficient (Wildman–Crippen LogP) is 0.944. The van der Waals surface area contributed by atoms with E-state index in [0.29, 0.717) is 19.6 Å². The van der Waals surface area contributed by atoms with Crippen molar-refractivity contribution < 1.29 is 14.3 Å². The molecule has 1 aromatic carbocycles. The molecule has 2 rings (SSSR count). The van der Waals surface area contributed by atoms with Crippen molar-refractivity contribution in [3.8, 4) is 5.75 Å². The average Bonchev–Trinajstić information content (AvgIpc) is 2.48. The molecule has 0 saturated carbocycles. The molecule has 1 heterocycles. The van der Waals surface area contributed by atoms with E-state index in [2.05, 4.69) is 15.5 Å². The molecule has 6 heteroatoms. The van der Waals surface area contributed by atoms with Gasteiger partial charge in [-0.2, -0.15) is 0 Å². The van der Waals surface area contributed by atoms with Crippen LogP contribution in [0.2, 0.25) is 0 Å². The molecule has 22 heavy (non-hydrogen) atoms. The van der Waals surface area contributed by atoms with Gasteiger partial charge in [0.15, 0.2) is 0 Å². The Morgan fingerprint density at radius 2 is 2.36 bits per heavy atom. The van der Waals surface area contributed by atoms with E-state index in [1.165, 1.54) is 0 Å². The standard InChI is InChI=1S/C16H25N3O3/c1-19(2)7-9-22-14-5-3-4-13(10-14)18-16(20)11-15-12-17-6-8-21-15/h3-5,10,15,17H,6-9,11-12H2,1-2H3,(H,18,20). The van der Waals surface area contributed by atoms with E-state index in [-0.39, 0.29) is 12.0 Å². The number of nitrogens with zero attached hydrogens (tertiary/aromatic N) is 1. The maximum absolute atomic E-state index is 12.0. The monoisotopic (exact) mass is 307 g/mol. The Balaban J connectivity index is 1.80. The Morgan fingerprint density at radius 1 is 1.50 bits per heavy atom. The normalized spacial score (nSPS) is 18.2. The molecule has 2 N–H and O–H groups in total. The first-order valence-electron chi connectivity index (χ1n) is 7.63. The number of carbonyl (C=O) groups is 1. The van der Waals surface area contributed by atoms with Crippen molar-refractivity contribution in [2.45, 2.75) is 12.5 Å². The maximum atomic E-state index is 12.0. The Morgan fingerprint density at radius 3 is 3.09 bits per heavy atom. The number of morpholine rings is 1. The van der Waals surface area contributed by atoms with Crippen molar-refractivity contribution in [3.63, 3.8) is 0 Å². The van der Waals surface area contributed by atoms with Crippen LogP contribution in [0.5, 0.6) is 5.75 Å². The minimum atomic E-state index is -0.0479. The van der Waals surface area contributed by atoms with E-state index < -0.39 is 0 Å². The molecule has 1 amide bonds. The van der Waals surface area contributed by atoms with Crippen LogP contribution in [0.15, 0.2) is 24.3 Å². The van der Waals surface area contributed by atoms with Crippen LogP contribution in [0.25, 0.3) is 0 Å². The number of anilines is 1. The summed E-state index contributed by atoms with van der Waals surface area (Å²) in [6, 6.07) is 7.46. The van der Waals surface area contributed by atoms with Crippen LogP contribution in [-0.4, -0.2) is 63.9 Å². The molecule has 0 spiro atoms. The second-order valence-corrected chi connectivity index (χ2v) is 5.63. The summed E-state index contributed by atoms with van der Waals surface area (Å²) < 4.78 is 11.2. The third-order valence-corrected chi connectivity index (χ3v) is 3.34.